The van der Waals surface area contributed by atoms with E-state index < -0.39 is 0 Å². The molecular formula is C18H21N3O3. The van der Waals surface area contributed by atoms with E-state index in [-0.39, 0.29) is 5.91 Å². The van der Waals surface area contributed by atoms with Crippen LogP contribution in [0.15, 0.2) is 36.5 Å². The van der Waals surface area contributed by atoms with Gasteiger partial charge in [0.2, 0.25) is 0 Å². The fraction of sp³-hybridized carbons (Fsp3) is 0.333. The zero-order chi connectivity index (χ0) is 16.9. The number of aromatic nitrogens is 1. The number of carbonyl (C=O) groups is 1. The van der Waals surface area contributed by atoms with Gasteiger partial charge in [0, 0.05) is 36.7 Å². The molecule has 1 fully saturated rings. The fourth-order valence-corrected chi connectivity index (χ4v) is 2.82. The molecule has 0 bridgehead atoms. The van der Waals surface area contributed by atoms with Crippen molar-refractivity contribution in [2.45, 2.75) is 12.8 Å². The van der Waals surface area contributed by atoms with Gasteiger partial charge in [-0.2, -0.15) is 0 Å². The van der Waals surface area contributed by atoms with Crippen LogP contribution in [0.5, 0.6) is 11.5 Å². The molecule has 126 valence electrons. The first-order valence-electron chi connectivity index (χ1n) is 7.95. The van der Waals surface area contributed by atoms with Gasteiger partial charge in [-0.05, 0) is 37.1 Å². The molecule has 1 aliphatic heterocycles. The Labute approximate surface area is 141 Å². The Bertz CT molecular complexity index is 727. The van der Waals surface area contributed by atoms with Crippen LogP contribution in [-0.4, -0.2) is 38.2 Å². The number of nitrogens with zero attached hydrogens (tertiary/aromatic N) is 2. The van der Waals surface area contributed by atoms with Gasteiger partial charge in [0.1, 0.15) is 5.69 Å². The van der Waals surface area contributed by atoms with Gasteiger partial charge < -0.3 is 19.7 Å². The van der Waals surface area contributed by atoms with E-state index in [1.54, 1.807) is 38.6 Å². The Morgan fingerprint density at radius 1 is 1.08 bits per heavy atom. The minimum absolute atomic E-state index is 0.247. The van der Waals surface area contributed by atoms with Crippen molar-refractivity contribution < 1.29 is 14.3 Å². The van der Waals surface area contributed by atoms with Crippen molar-refractivity contribution in [1.82, 2.24) is 4.98 Å². The van der Waals surface area contributed by atoms with Gasteiger partial charge in [0.25, 0.3) is 5.91 Å². The van der Waals surface area contributed by atoms with Crippen LogP contribution in [0.3, 0.4) is 0 Å². The van der Waals surface area contributed by atoms with E-state index in [0.29, 0.717) is 22.9 Å². The van der Waals surface area contributed by atoms with E-state index in [0.717, 1.165) is 18.8 Å². The monoisotopic (exact) mass is 327 g/mol. The molecule has 6 nitrogen and oxygen atoms in total. The number of amides is 1. The molecule has 1 aliphatic rings. The van der Waals surface area contributed by atoms with E-state index in [1.165, 1.54) is 12.8 Å². The highest BCUT2D eigenvalue weighted by Crippen LogP contribution is 2.30. The van der Waals surface area contributed by atoms with E-state index in [4.69, 9.17) is 9.47 Å². The lowest BCUT2D eigenvalue weighted by Crippen LogP contribution is -2.19. The second-order valence-electron chi connectivity index (χ2n) is 5.62. The summed E-state index contributed by atoms with van der Waals surface area (Å²) >= 11 is 0. The third kappa shape index (κ3) is 3.42. The quantitative estimate of drug-likeness (QED) is 0.915. The number of carbonyl (C=O) groups excluding carboxylic acids is 1. The largest absolute Gasteiger partial charge is 0.493 e. The lowest BCUT2D eigenvalue weighted by atomic mass is 10.2. The standard InChI is InChI=1S/C18H21N3O3/c1-23-16-6-5-13(11-17(16)24-2)20-18(22)15-12-14(7-8-19-15)21-9-3-4-10-21/h5-8,11-12H,3-4,9-10H2,1-2H3,(H,20,22). The van der Waals surface area contributed by atoms with Crippen molar-refractivity contribution in [3.05, 3.63) is 42.2 Å². The molecule has 24 heavy (non-hydrogen) atoms. The van der Waals surface area contributed by atoms with E-state index >= 15 is 0 Å². The minimum Gasteiger partial charge on any atom is -0.493 e. The molecule has 0 saturated carbocycles. The number of benzene rings is 1. The Hall–Kier alpha value is -2.76. The van der Waals surface area contributed by atoms with Gasteiger partial charge in [-0.1, -0.05) is 0 Å². The van der Waals surface area contributed by atoms with Crippen LogP contribution < -0.4 is 19.7 Å². The number of nitrogens with one attached hydrogen (secondary N) is 1. The average Bonchev–Trinajstić information content (AvgIpc) is 3.16. The summed E-state index contributed by atoms with van der Waals surface area (Å²) in [7, 11) is 3.13. The third-order valence-electron chi connectivity index (χ3n) is 4.09. The molecule has 6 heteroatoms. The second kappa shape index (κ2) is 7.21. The van der Waals surface area contributed by atoms with E-state index in [1.807, 2.05) is 12.1 Å². The van der Waals surface area contributed by atoms with Crippen molar-refractivity contribution in [3.63, 3.8) is 0 Å². The molecule has 1 aromatic heterocycles. The van der Waals surface area contributed by atoms with Crippen molar-refractivity contribution in [3.8, 4) is 11.5 Å². The highest BCUT2D eigenvalue weighted by atomic mass is 16.5. The molecule has 1 aromatic carbocycles. The molecule has 1 saturated heterocycles. The lowest BCUT2D eigenvalue weighted by molar-refractivity contribution is 0.102. The number of rotatable bonds is 5. The molecule has 2 aromatic rings. The number of pyridine rings is 1. The molecule has 0 radical (unpaired) electrons. The molecule has 2 heterocycles. The molecule has 1 amide bonds. The van der Waals surface area contributed by atoms with Crippen LogP contribution in [0.1, 0.15) is 23.3 Å². The second-order valence-corrected chi connectivity index (χ2v) is 5.62. The highest BCUT2D eigenvalue weighted by molar-refractivity contribution is 6.03. The maximum absolute atomic E-state index is 12.5. The number of hydrogen-bond donors (Lipinski definition) is 1. The van der Waals surface area contributed by atoms with Crippen LogP contribution >= 0.6 is 0 Å². The summed E-state index contributed by atoms with van der Waals surface area (Å²) < 4.78 is 10.5. The topological polar surface area (TPSA) is 63.7 Å². The predicted molar refractivity (Wildman–Crippen MR) is 93.2 cm³/mol. The normalized spacial score (nSPS) is 13.7. The van der Waals surface area contributed by atoms with Gasteiger partial charge >= 0.3 is 0 Å². The summed E-state index contributed by atoms with van der Waals surface area (Å²) in [6, 6.07) is 9.02. The van der Waals surface area contributed by atoms with Gasteiger partial charge in [-0.15, -0.1) is 0 Å². The SMILES string of the molecule is COc1ccc(NC(=O)c2cc(N3CCCC3)ccn2)cc1OC. The van der Waals surface area contributed by atoms with Crippen LogP contribution in [0.25, 0.3) is 0 Å². The van der Waals surface area contributed by atoms with Crippen molar-refractivity contribution in [2.24, 2.45) is 0 Å². The molecule has 0 spiro atoms. The average molecular weight is 327 g/mol. The van der Waals surface area contributed by atoms with Gasteiger partial charge in [-0.25, -0.2) is 0 Å². The summed E-state index contributed by atoms with van der Waals surface area (Å²) in [6.45, 7) is 2.06. The number of hydrogen-bond acceptors (Lipinski definition) is 5. The van der Waals surface area contributed by atoms with Crippen LogP contribution in [-0.2, 0) is 0 Å². The first-order valence-corrected chi connectivity index (χ1v) is 7.95. The van der Waals surface area contributed by atoms with Gasteiger partial charge in [0.05, 0.1) is 14.2 Å². The first-order chi connectivity index (χ1) is 11.7. The third-order valence-corrected chi connectivity index (χ3v) is 4.09. The molecule has 0 aliphatic carbocycles. The Morgan fingerprint density at radius 3 is 2.54 bits per heavy atom. The zero-order valence-corrected chi connectivity index (χ0v) is 13.9. The predicted octanol–water partition coefficient (Wildman–Crippen LogP) is 2.95. The molecule has 3 rings (SSSR count). The van der Waals surface area contributed by atoms with Gasteiger partial charge in [-0.3, -0.25) is 9.78 Å². The molecule has 1 N–H and O–H groups in total. The molecule has 0 unspecified atom stereocenters. The Balaban J connectivity index is 1.76. The smallest absolute Gasteiger partial charge is 0.274 e. The maximum Gasteiger partial charge on any atom is 0.274 e. The number of ether oxygens (including phenoxy) is 2. The van der Waals surface area contributed by atoms with E-state index in [2.05, 4.69) is 15.2 Å². The number of methoxy groups -OCH3 is 2. The summed E-state index contributed by atoms with van der Waals surface area (Å²) in [6.07, 6.45) is 4.06. The fourth-order valence-electron chi connectivity index (χ4n) is 2.82. The summed E-state index contributed by atoms with van der Waals surface area (Å²) in [5.41, 5.74) is 2.07. The molecular weight excluding hydrogens is 306 g/mol. The minimum atomic E-state index is -0.247. The maximum atomic E-state index is 12.5. The Kier molecular flexibility index (Phi) is 4.84. The zero-order valence-electron chi connectivity index (χ0n) is 13.9. The van der Waals surface area contributed by atoms with E-state index in [9.17, 15) is 4.79 Å². The summed E-state index contributed by atoms with van der Waals surface area (Å²) in [4.78, 5) is 18.9. The van der Waals surface area contributed by atoms with Gasteiger partial charge in [0.15, 0.2) is 11.5 Å². The van der Waals surface area contributed by atoms with Crippen LogP contribution in [0.4, 0.5) is 11.4 Å². The summed E-state index contributed by atoms with van der Waals surface area (Å²) in [5, 5.41) is 2.85. The molecule has 0 atom stereocenters. The van der Waals surface area contributed by atoms with Crippen molar-refractivity contribution >= 4 is 17.3 Å². The van der Waals surface area contributed by atoms with Crippen molar-refractivity contribution in [1.29, 1.82) is 0 Å². The van der Waals surface area contributed by atoms with Crippen LogP contribution in [0, 0.1) is 0 Å². The number of anilines is 2. The van der Waals surface area contributed by atoms with Crippen LogP contribution in [0.2, 0.25) is 0 Å². The summed E-state index contributed by atoms with van der Waals surface area (Å²) in [5.74, 6) is 0.932. The first kappa shape index (κ1) is 16.1. The van der Waals surface area contributed by atoms with Crippen molar-refractivity contribution in [2.75, 3.05) is 37.5 Å². The highest BCUT2D eigenvalue weighted by Gasteiger charge is 2.15. The lowest BCUT2D eigenvalue weighted by Gasteiger charge is -2.17. The Morgan fingerprint density at radius 2 is 1.83 bits per heavy atom.